The van der Waals surface area contributed by atoms with E-state index in [1.165, 1.54) is 18.1 Å². The molecule has 1 aromatic carbocycles. The molecule has 34 heavy (non-hydrogen) atoms. The van der Waals surface area contributed by atoms with Gasteiger partial charge in [0.05, 0.1) is 18.9 Å². The van der Waals surface area contributed by atoms with Crippen molar-refractivity contribution in [2.45, 2.75) is 32.6 Å². The molecule has 1 heterocycles. The zero-order valence-corrected chi connectivity index (χ0v) is 20.6. The summed E-state index contributed by atoms with van der Waals surface area (Å²) in [4.78, 5) is 54.0. The van der Waals surface area contributed by atoms with Gasteiger partial charge in [0.15, 0.2) is 23.1 Å². The Bertz CT molecular complexity index is 1270. The Morgan fingerprint density at radius 3 is 2.56 bits per heavy atom. The molecule has 1 aliphatic heterocycles. The Morgan fingerprint density at radius 2 is 1.88 bits per heavy atom. The summed E-state index contributed by atoms with van der Waals surface area (Å²) in [6.45, 7) is 3.68. The Kier molecular flexibility index (Phi) is 5.39. The summed E-state index contributed by atoms with van der Waals surface area (Å²) in [6, 6.07) is 3.34. The second-order valence-corrected chi connectivity index (χ2v) is 10.1. The number of phenolic OH excluding ortho intramolecular Hbond substituents is 1. The Morgan fingerprint density at radius 1 is 1.15 bits per heavy atom. The molecule has 0 saturated carbocycles. The van der Waals surface area contributed by atoms with Gasteiger partial charge in [0.25, 0.3) is 0 Å². The maximum absolute atomic E-state index is 13.4. The van der Waals surface area contributed by atoms with Gasteiger partial charge in [-0.15, -0.1) is 0 Å². The Balaban J connectivity index is 1.75. The first-order valence-corrected chi connectivity index (χ1v) is 12.1. The number of ketones is 2. The van der Waals surface area contributed by atoms with Gasteiger partial charge >= 0.3 is 0 Å². The quantitative estimate of drug-likeness (QED) is 0.367. The molecule has 1 N–H and O–H groups in total. The minimum absolute atomic E-state index is 0.123. The highest BCUT2D eigenvalue weighted by atomic mass is 79.9. The van der Waals surface area contributed by atoms with Crippen molar-refractivity contribution in [3.8, 4) is 11.5 Å². The first-order valence-electron chi connectivity index (χ1n) is 11.3. The third kappa shape index (κ3) is 3.07. The van der Waals surface area contributed by atoms with Gasteiger partial charge in [-0.2, -0.15) is 0 Å². The molecule has 1 saturated heterocycles. The van der Waals surface area contributed by atoms with Gasteiger partial charge in [-0.25, -0.2) is 0 Å². The summed E-state index contributed by atoms with van der Waals surface area (Å²) in [7, 11) is 1.44. The number of carbonyl (C=O) groups excluding carboxylic acids is 4. The highest BCUT2D eigenvalue weighted by molar-refractivity contribution is 9.10. The topological polar surface area (TPSA) is 101 Å². The number of allylic oxidation sites excluding steroid dienone is 6. The van der Waals surface area contributed by atoms with Crippen LogP contribution in [0.15, 0.2) is 51.0 Å². The Hall–Kier alpha value is -3.00. The third-order valence-corrected chi connectivity index (χ3v) is 8.03. The summed E-state index contributed by atoms with van der Waals surface area (Å²) in [5.74, 6) is -3.00. The van der Waals surface area contributed by atoms with Crippen molar-refractivity contribution in [3.63, 3.8) is 0 Å². The molecule has 176 valence electrons. The smallest absolute Gasteiger partial charge is 0.233 e. The van der Waals surface area contributed by atoms with Gasteiger partial charge in [-0.3, -0.25) is 24.1 Å². The fourth-order valence-electron chi connectivity index (χ4n) is 6.06. The van der Waals surface area contributed by atoms with Crippen molar-refractivity contribution in [2.24, 2.45) is 17.8 Å². The Labute approximate surface area is 205 Å². The monoisotopic (exact) mass is 525 g/mol. The number of phenols is 1. The van der Waals surface area contributed by atoms with Gasteiger partial charge in [0, 0.05) is 39.2 Å². The average molecular weight is 526 g/mol. The molecule has 1 fully saturated rings. The molecule has 8 heteroatoms. The average Bonchev–Trinajstić information content (AvgIpc) is 3.06. The predicted octanol–water partition coefficient (Wildman–Crippen LogP) is 3.61. The number of hydrogen-bond donors (Lipinski definition) is 1. The minimum atomic E-state index is -0.722. The number of benzene rings is 1. The minimum Gasteiger partial charge on any atom is -0.504 e. The van der Waals surface area contributed by atoms with Crippen molar-refractivity contribution in [1.82, 2.24) is 4.90 Å². The molecular formula is C26H24BrNO6. The number of carbonyl (C=O) groups is 4. The standard InChI is InChI=1S/C26H24BrNO6/c1-4-28-25(32)14-6-5-13-15(21(14)26(28)33)10-16-18(29)7-11(2)23(30)22(16)20(13)17-8-12(27)9-19(34-3)24(17)31/h5,7-9,14-15,20-21,31H,4,6,10H2,1-3H3/t14-,15+,20+,21-/m0/s1. The van der Waals surface area contributed by atoms with Crippen LogP contribution in [0.1, 0.15) is 38.2 Å². The van der Waals surface area contributed by atoms with Crippen LogP contribution >= 0.6 is 15.9 Å². The number of likely N-dealkylation sites (tertiary alicyclic amines) is 1. The number of fused-ring (bicyclic) bond motifs is 3. The van der Waals surface area contributed by atoms with E-state index in [-0.39, 0.29) is 41.3 Å². The molecular weight excluding hydrogens is 502 g/mol. The van der Waals surface area contributed by atoms with E-state index in [9.17, 15) is 24.3 Å². The van der Waals surface area contributed by atoms with Crippen LogP contribution in [0.5, 0.6) is 11.5 Å². The van der Waals surface area contributed by atoms with Crippen LogP contribution in [-0.4, -0.2) is 47.0 Å². The number of halogens is 1. The van der Waals surface area contributed by atoms with E-state index in [4.69, 9.17) is 4.74 Å². The molecule has 0 aromatic heterocycles. The zero-order valence-electron chi connectivity index (χ0n) is 19.1. The van der Waals surface area contributed by atoms with E-state index in [0.29, 0.717) is 39.7 Å². The van der Waals surface area contributed by atoms with E-state index in [2.05, 4.69) is 15.9 Å². The first kappa shape index (κ1) is 22.8. The van der Waals surface area contributed by atoms with Gasteiger partial charge < -0.3 is 9.84 Å². The number of hydrogen-bond acceptors (Lipinski definition) is 6. The lowest BCUT2D eigenvalue weighted by Crippen LogP contribution is -2.39. The molecule has 3 aliphatic carbocycles. The molecule has 0 unspecified atom stereocenters. The van der Waals surface area contributed by atoms with Crippen LogP contribution in [0.2, 0.25) is 0 Å². The molecule has 0 radical (unpaired) electrons. The molecule has 2 amide bonds. The van der Waals surface area contributed by atoms with Crippen molar-refractivity contribution >= 4 is 39.3 Å². The number of Topliss-reactive ketones (excluding diaryl/α,β-unsaturated/α-hetero) is 1. The number of nitrogens with zero attached hydrogens (tertiary/aromatic N) is 1. The summed E-state index contributed by atoms with van der Waals surface area (Å²) < 4.78 is 5.98. The van der Waals surface area contributed by atoms with Crippen molar-refractivity contribution in [1.29, 1.82) is 0 Å². The predicted molar refractivity (Wildman–Crippen MR) is 126 cm³/mol. The number of ether oxygens (including phenoxy) is 1. The molecule has 4 aliphatic rings. The molecule has 0 spiro atoms. The fourth-order valence-corrected chi connectivity index (χ4v) is 6.52. The van der Waals surface area contributed by atoms with Crippen molar-refractivity contribution in [3.05, 3.63) is 56.6 Å². The maximum atomic E-state index is 13.4. The van der Waals surface area contributed by atoms with Crippen LogP contribution in [0.25, 0.3) is 0 Å². The van der Waals surface area contributed by atoms with E-state index in [1.54, 1.807) is 26.0 Å². The van der Waals surface area contributed by atoms with E-state index in [0.717, 1.165) is 5.57 Å². The molecule has 7 nitrogen and oxygen atoms in total. The second-order valence-electron chi connectivity index (χ2n) is 9.20. The lowest BCUT2D eigenvalue weighted by molar-refractivity contribution is -0.139. The molecule has 0 bridgehead atoms. The van der Waals surface area contributed by atoms with Gasteiger partial charge in [-0.05, 0) is 50.8 Å². The van der Waals surface area contributed by atoms with Crippen LogP contribution in [0, 0.1) is 17.8 Å². The van der Waals surface area contributed by atoms with Gasteiger partial charge in [0.1, 0.15) is 0 Å². The van der Waals surface area contributed by atoms with Crippen molar-refractivity contribution < 1.29 is 29.0 Å². The normalized spacial score (nSPS) is 28.4. The number of methoxy groups -OCH3 is 1. The van der Waals surface area contributed by atoms with Crippen LogP contribution in [0.4, 0.5) is 0 Å². The van der Waals surface area contributed by atoms with E-state index < -0.39 is 23.7 Å². The summed E-state index contributed by atoms with van der Waals surface area (Å²) >= 11 is 3.45. The molecule has 5 rings (SSSR count). The third-order valence-electron chi connectivity index (χ3n) is 7.57. The maximum Gasteiger partial charge on any atom is 0.233 e. The first-order chi connectivity index (χ1) is 16.2. The largest absolute Gasteiger partial charge is 0.504 e. The highest BCUT2D eigenvalue weighted by Gasteiger charge is 2.56. The number of amides is 2. The lowest BCUT2D eigenvalue weighted by Gasteiger charge is -2.42. The summed E-state index contributed by atoms with van der Waals surface area (Å²) in [5.41, 5.74) is 2.26. The van der Waals surface area contributed by atoms with Gasteiger partial charge in [0.2, 0.25) is 11.8 Å². The van der Waals surface area contributed by atoms with E-state index in [1.807, 2.05) is 6.08 Å². The zero-order chi connectivity index (χ0) is 24.5. The SMILES string of the molecule is CCN1C(=O)[C@H]2[C@H](CC=C3[C@H](c4cc(Br)cc(OC)c4O)C4=C(C[C@H]32)C(=O)C=C(C)C4=O)C1=O. The van der Waals surface area contributed by atoms with Crippen molar-refractivity contribution in [2.75, 3.05) is 13.7 Å². The molecule has 4 atom stereocenters. The second kappa shape index (κ2) is 8.05. The molecule has 1 aromatic rings. The number of rotatable bonds is 3. The lowest BCUT2D eigenvalue weighted by atomic mass is 9.59. The van der Waals surface area contributed by atoms with Gasteiger partial charge in [-0.1, -0.05) is 27.6 Å². The number of imide groups is 1. The van der Waals surface area contributed by atoms with Crippen LogP contribution in [-0.2, 0) is 19.2 Å². The number of aromatic hydroxyl groups is 1. The highest BCUT2D eigenvalue weighted by Crippen LogP contribution is 2.57. The van der Waals surface area contributed by atoms with Crippen LogP contribution < -0.4 is 4.74 Å². The summed E-state index contributed by atoms with van der Waals surface area (Å²) in [6.07, 6.45) is 3.87. The van der Waals surface area contributed by atoms with Crippen LogP contribution in [0.3, 0.4) is 0 Å². The summed E-state index contributed by atoms with van der Waals surface area (Å²) in [5, 5.41) is 11.1. The fraction of sp³-hybridized carbons (Fsp3) is 0.385. The van der Waals surface area contributed by atoms with E-state index >= 15 is 0 Å².